The van der Waals surface area contributed by atoms with Gasteiger partial charge >= 0.3 is 6.03 Å². The molecule has 0 aliphatic carbocycles. The van der Waals surface area contributed by atoms with E-state index in [2.05, 4.69) is 19.2 Å². The molecule has 1 rings (SSSR count). The van der Waals surface area contributed by atoms with E-state index in [0.717, 1.165) is 42.5 Å². The van der Waals surface area contributed by atoms with Crippen LogP contribution < -0.4 is 16.0 Å². The van der Waals surface area contributed by atoms with Crippen molar-refractivity contribution in [2.24, 2.45) is 5.73 Å². The number of carbonyl (C=O) groups excluding carboxylic acids is 1. The van der Waals surface area contributed by atoms with Crippen LogP contribution in [0.5, 0.6) is 0 Å². The van der Waals surface area contributed by atoms with Gasteiger partial charge in [-0.2, -0.15) is 0 Å². The number of aryl methyl sites for hydroxylation is 2. The zero-order chi connectivity index (χ0) is 15.1. The number of urea groups is 1. The first-order valence-corrected chi connectivity index (χ1v) is 7.03. The second-order valence-corrected chi connectivity index (χ2v) is 4.70. The highest BCUT2D eigenvalue weighted by Crippen LogP contribution is 2.28. The van der Waals surface area contributed by atoms with Crippen LogP contribution in [-0.4, -0.2) is 19.0 Å². The topological polar surface area (TPSA) is 82.2 Å². The number of nitrogens with zero attached hydrogens (tertiary/aromatic N) is 1. The molecule has 0 aliphatic rings. The van der Waals surface area contributed by atoms with Crippen LogP contribution in [-0.2, 0) is 12.8 Å². The first kappa shape index (κ1) is 16.0. The Bertz CT molecular complexity index is 461. The Morgan fingerprint density at radius 2 is 1.75 bits per heavy atom. The van der Waals surface area contributed by atoms with Gasteiger partial charge < -0.3 is 11.1 Å². The first-order chi connectivity index (χ1) is 9.56. The number of hydrogen-bond acceptors (Lipinski definition) is 2. The molecule has 0 heterocycles. The summed E-state index contributed by atoms with van der Waals surface area (Å²) in [5.41, 5.74) is 8.50. The molecule has 1 aromatic carbocycles. The maximum Gasteiger partial charge on any atom is 0.328 e. The van der Waals surface area contributed by atoms with Crippen molar-refractivity contribution in [3.05, 3.63) is 29.3 Å². The summed E-state index contributed by atoms with van der Waals surface area (Å²) in [6.07, 6.45) is 3.66. The van der Waals surface area contributed by atoms with Gasteiger partial charge in [-0.15, -0.1) is 0 Å². The summed E-state index contributed by atoms with van der Waals surface area (Å²) in [6.45, 7) is 4.18. The Labute approximate surface area is 120 Å². The summed E-state index contributed by atoms with van der Waals surface area (Å²) in [6, 6.07) is 5.62. The van der Waals surface area contributed by atoms with Crippen LogP contribution in [0, 0.1) is 5.41 Å². The van der Waals surface area contributed by atoms with Crippen molar-refractivity contribution in [2.45, 2.75) is 39.5 Å². The Morgan fingerprint density at radius 1 is 1.25 bits per heavy atom. The Balaban J connectivity index is 3.41. The predicted octanol–water partition coefficient (Wildman–Crippen LogP) is 2.63. The number of hydrogen-bond donors (Lipinski definition) is 3. The van der Waals surface area contributed by atoms with Crippen molar-refractivity contribution < 1.29 is 4.79 Å². The van der Waals surface area contributed by atoms with E-state index in [1.54, 1.807) is 7.05 Å². The minimum atomic E-state index is -0.376. The fourth-order valence-electron chi connectivity index (χ4n) is 2.32. The second kappa shape index (κ2) is 7.53. The standard InChI is InChI=1S/C15H24N4O/c1-4-7-11-9-6-10-12(8-5-2)13(11)19(14(16)17)15(20)18-3/h6,9-10H,4-5,7-8H2,1-3H3,(H3,16,17)(H,18,20). The smallest absolute Gasteiger partial charge is 0.328 e. The van der Waals surface area contributed by atoms with Gasteiger partial charge in [-0.3, -0.25) is 5.41 Å². The van der Waals surface area contributed by atoms with Crippen molar-refractivity contribution in [1.29, 1.82) is 5.41 Å². The van der Waals surface area contributed by atoms with Gasteiger partial charge in [-0.05, 0) is 24.0 Å². The molecule has 0 aliphatic heterocycles. The highest BCUT2D eigenvalue weighted by molar-refractivity contribution is 6.14. The van der Waals surface area contributed by atoms with Gasteiger partial charge in [0.05, 0.1) is 5.69 Å². The molecule has 2 amide bonds. The van der Waals surface area contributed by atoms with E-state index < -0.39 is 0 Å². The fraction of sp³-hybridized carbons (Fsp3) is 0.467. The zero-order valence-electron chi connectivity index (χ0n) is 12.5. The van der Waals surface area contributed by atoms with Crippen LogP contribution in [0.15, 0.2) is 18.2 Å². The summed E-state index contributed by atoms with van der Waals surface area (Å²) in [4.78, 5) is 13.3. The van der Waals surface area contributed by atoms with Crippen molar-refractivity contribution in [1.82, 2.24) is 5.32 Å². The molecule has 0 saturated heterocycles. The van der Waals surface area contributed by atoms with E-state index in [0.29, 0.717) is 0 Å². The number of nitrogens with two attached hydrogens (primary N) is 1. The van der Waals surface area contributed by atoms with E-state index >= 15 is 0 Å². The number of rotatable bonds is 5. The quantitative estimate of drug-likeness (QED) is 0.570. The molecule has 0 atom stereocenters. The Morgan fingerprint density at radius 3 is 2.10 bits per heavy atom. The lowest BCUT2D eigenvalue weighted by Crippen LogP contribution is -2.47. The molecular weight excluding hydrogens is 252 g/mol. The average molecular weight is 276 g/mol. The van der Waals surface area contributed by atoms with Gasteiger partial charge in [-0.1, -0.05) is 44.9 Å². The normalized spacial score (nSPS) is 10.2. The molecule has 0 spiro atoms. The van der Waals surface area contributed by atoms with E-state index in [9.17, 15) is 4.79 Å². The Kier molecular flexibility index (Phi) is 6.03. The van der Waals surface area contributed by atoms with Gasteiger partial charge in [0, 0.05) is 7.05 Å². The third kappa shape index (κ3) is 3.50. The molecule has 20 heavy (non-hydrogen) atoms. The molecule has 0 aromatic heterocycles. The number of anilines is 1. The first-order valence-electron chi connectivity index (χ1n) is 7.03. The van der Waals surface area contributed by atoms with Crippen molar-refractivity contribution >= 4 is 17.7 Å². The molecule has 1 aromatic rings. The van der Waals surface area contributed by atoms with Gasteiger partial charge in [-0.25, -0.2) is 9.69 Å². The molecule has 4 N–H and O–H groups in total. The SMILES string of the molecule is CCCc1cccc(CCC)c1N(C(=N)N)C(=O)NC. The zero-order valence-corrected chi connectivity index (χ0v) is 12.5. The maximum atomic E-state index is 12.1. The summed E-state index contributed by atoms with van der Waals surface area (Å²) in [5, 5.41) is 10.3. The molecule has 0 bridgehead atoms. The van der Waals surface area contributed by atoms with Gasteiger partial charge in [0.25, 0.3) is 0 Å². The number of guanidine groups is 1. The van der Waals surface area contributed by atoms with Gasteiger partial charge in [0.1, 0.15) is 0 Å². The average Bonchev–Trinajstić information content (AvgIpc) is 2.42. The monoisotopic (exact) mass is 276 g/mol. The fourth-order valence-corrected chi connectivity index (χ4v) is 2.32. The maximum absolute atomic E-state index is 12.1. The number of carbonyl (C=O) groups is 1. The molecule has 5 heteroatoms. The lowest BCUT2D eigenvalue weighted by atomic mass is 9.99. The van der Waals surface area contributed by atoms with E-state index in [1.807, 2.05) is 18.2 Å². The molecule has 0 radical (unpaired) electrons. The highest BCUT2D eigenvalue weighted by Gasteiger charge is 2.23. The second-order valence-electron chi connectivity index (χ2n) is 4.70. The Hall–Kier alpha value is -2.04. The number of benzene rings is 1. The van der Waals surface area contributed by atoms with Crippen LogP contribution in [0.3, 0.4) is 0 Å². The number of para-hydroxylation sites is 1. The van der Waals surface area contributed by atoms with E-state index in [1.165, 1.54) is 4.90 Å². The van der Waals surface area contributed by atoms with E-state index in [4.69, 9.17) is 11.1 Å². The largest absolute Gasteiger partial charge is 0.369 e. The van der Waals surface area contributed by atoms with E-state index in [-0.39, 0.29) is 12.0 Å². The van der Waals surface area contributed by atoms with Crippen LogP contribution in [0.1, 0.15) is 37.8 Å². The predicted molar refractivity (Wildman–Crippen MR) is 83.3 cm³/mol. The third-order valence-corrected chi connectivity index (χ3v) is 3.12. The van der Waals surface area contributed by atoms with Crippen LogP contribution in [0.4, 0.5) is 10.5 Å². The molecule has 0 fully saturated rings. The lowest BCUT2D eigenvalue weighted by molar-refractivity contribution is 0.251. The van der Waals surface area contributed by atoms with Crippen molar-refractivity contribution in [3.8, 4) is 0 Å². The number of amides is 2. The lowest BCUT2D eigenvalue weighted by Gasteiger charge is -2.25. The summed E-state index contributed by atoms with van der Waals surface area (Å²) in [7, 11) is 1.54. The highest BCUT2D eigenvalue weighted by atomic mass is 16.2. The minimum Gasteiger partial charge on any atom is -0.369 e. The van der Waals surface area contributed by atoms with Crippen LogP contribution in [0.2, 0.25) is 0 Å². The molecular formula is C15H24N4O. The third-order valence-electron chi connectivity index (χ3n) is 3.12. The van der Waals surface area contributed by atoms with Crippen LogP contribution in [0.25, 0.3) is 0 Å². The van der Waals surface area contributed by atoms with Crippen molar-refractivity contribution in [2.75, 3.05) is 11.9 Å². The molecule has 0 unspecified atom stereocenters. The summed E-state index contributed by atoms with van der Waals surface area (Å²) in [5.74, 6) is -0.259. The molecule has 110 valence electrons. The van der Waals surface area contributed by atoms with Crippen LogP contribution >= 0.6 is 0 Å². The molecule has 0 saturated carbocycles. The summed E-state index contributed by atoms with van der Waals surface area (Å²) < 4.78 is 0. The van der Waals surface area contributed by atoms with Gasteiger partial charge in [0.2, 0.25) is 5.96 Å². The summed E-state index contributed by atoms with van der Waals surface area (Å²) >= 11 is 0. The van der Waals surface area contributed by atoms with Gasteiger partial charge in [0.15, 0.2) is 0 Å². The minimum absolute atomic E-state index is 0.259. The number of nitrogens with one attached hydrogen (secondary N) is 2. The van der Waals surface area contributed by atoms with Crippen molar-refractivity contribution in [3.63, 3.8) is 0 Å². The molecule has 5 nitrogen and oxygen atoms in total.